The average Bonchev–Trinajstić information content (AvgIpc) is 3.56. The lowest BCUT2D eigenvalue weighted by atomic mass is 10.0. The first-order valence-corrected chi connectivity index (χ1v) is 9.57. The number of esters is 1. The molecule has 3 rings (SSSR count). The van der Waals surface area contributed by atoms with E-state index in [2.05, 4.69) is 30.7 Å². The first kappa shape index (κ1) is 20.5. The lowest BCUT2D eigenvalue weighted by molar-refractivity contribution is -0.384. The second-order valence-corrected chi connectivity index (χ2v) is 7.58. The van der Waals surface area contributed by atoms with Crippen LogP contribution < -0.4 is 0 Å². The summed E-state index contributed by atoms with van der Waals surface area (Å²) in [6, 6.07) is 11.9. The highest BCUT2D eigenvalue weighted by atomic mass is 16.6. The van der Waals surface area contributed by atoms with Gasteiger partial charge >= 0.3 is 5.97 Å². The predicted molar refractivity (Wildman–Crippen MR) is 108 cm³/mol. The molecule has 1 aliphatic rings. The molecule has 7 heteroatoms. The molecule has 0 saturated heterocycles. The van der Waals surface area contributed by atoms with Gasteiger partial charge in [-0.15, -0.1) is 0 Å². The van der Waals surface area contributed by atoms with Gasteiger partial charge in [0.1, 0.15) is 0 Å². The molecule has 0 bridgehead atoms. The van der Waals surface area contributed by atoms with Crippen molar-refractivity contribution in [3.05, 3.63) is 74.8 Å². The standard InChI is InChI=1S/C22H24N2O5/c1-14(2)16-6-4-15(5-7-16)13-23(19-8-9-19)21(25)17-10-18(22(26)29-3)12-20(11-17)24(27)28/h4-7,10-12,14,19H,8-9,13H2,1-3H3. The Bertz CT molecular complexity index is 933. The van der Waals surface area contributed by atoms with Crippen LogP contribution in [-0.4, -0.2) is 34.9 Å². The van der Waals surface area contributed by atoms with E-state index in [-0.39, 0.29) is 28.8 Å². The van der Waals surface area contributed by atoms with Gasteiger partial charge < -0.3 is 9.64 Å². The molecule has 7 nitrogen and oxygen atoms in total. The largest absolute Gasteiger partial charge is 0.465 e. The van der Waals surface area contributed by atoms with Crippen molar-refractivity contribution in [3.63, 3.8) is 0 Å². The summed E-state index contributed by atoms with van der Waals surface area (Å²) in [4.78, 5) is 37.5. The van der Waals surface area contributed by atoms with Crippen LogP contribution in [0.3, 0.4) is 0 Å². The second-order valence-electron chi connectivity index (χ2n) is 7.58. The van der Waals surface area contributed by atoms with E-state index in [4.69, 9.17) is 0 Å². The van der Waals surface area contributed by atoms with E-state index in [0.29, 0.717) is 12.5 Å². The number of benzene rings is 2. The summed E-state index contributed by atoms with van der Waals surface area (Å²) in [7, 11) is 1.19. The Labute approximate surface area is 169 Å². The van der Waals surface area contributed by atoms with Crippen LogP contribution >= 0.6 is 0 Å². The molecule has 2 aromatic carbocycles. The highest BCUT2D eigenvalue weighted by molar-refractivity contribution is 5.99. The Morgan fingerprint density at radius 3 is 2.28 bits per heavy atom. The van der Waals surface area contributed by atoms with Crippen LogP contribution in [-0.2, 0) is 11.3 Å². The van der Waals surface area contributed by atoms with Gasteiger partial charge in [-0.2, -0.15) is 0 Å². The lowest BCUT2D eigenvalue weighted by Crippen LogP contribution is -2.32. The van der Waals surface area contributed by atoms with Crippen LogP contribution in [0.4, 0.5) is 5.69 Å². The van der Waals surface area contributed by atoms with Gasteiger partial charge in [0, 0.05) is 30.3 Å². The van der Waals surface area contributed by atoms with Crippen LogP contribution in [0.1, 0.15) is 64.4 Å². The quantitative estimate of drug-likeness (QED) is 0.395. The lowest BCUT2D eigenvalue weighted by Gasteiger charge is -2.23. The molecule has 0 spiro atoms. The molecule has 0 heterocycles. The minimum Gasteiger partial charge on any atom is -0.465 e. The Morgan fingerprint density at radius 2 is 1.76 bits per heavy atom. The molecule has 0 aromatic heterocycles. The van der Waals surface area contributed by atoms with E-state index in [1.165, 1.54) is 24.8 Å². The molecule has 1 fully saturated rings. The summed E-state index contributed by atoms with van der Waals surface area (Å²) in [5.41, 5.74) is 2.01. The van der Waals surface area contributed by atoms with E-state index in [1.807, 2.05) is 12.1 Å². The maximum atomic E-state index is 13.2. The number of nitro groups is 1. The zero-order valence-electron chi connectivity index (χ0n) is 16.8. The maximum absolute atomic E-state index is 13.2. The molecule has 1 amide bonds. The van der Waals surface area contributed by atoms with E-state index >= 15 is 0 Å². The minimum atomic E-state index is -0.718. The topological polar surface area (TPSA) is 89.8 Å². The number of nitrogens with zero attached hydrogens (tertiary/aromatic N) is 2. The third-order valence-electron chi connectivity index (χ3n) is 5.04. The number of hydrogen-bond acceptors (Lipinski definition) is 5. The maximum Gasteiger partial charge on any atom is 0.338 e. The predicted octanol–water partition coefficient (Wildman–Crippen LogP) is 4.31. The van der Waals surface area contributed by atoms with Crippen molar-refractivity contribution in [2.75, 3.05) is 7.11 Å². The number of non-ortho nitro benzene ring substituents is 1. The van der Waals surface area contributed by atoms with Crippen molar-refractivity contribution in [1.82, 2.24) is 4.90 Å². The fraction of sp³-hybridized carbons (Fsp3) is 0.364. The van der Waals surface area contributed by atoms with E-state index < -0.39 is 10.9 Å². The fourth-order valence-corrected chi connectivity index (χ4v) is 3.20. The normalized spacial score (nSPS) is 13.2. The molecule has 29 heavy (non-hydrogen) atoms. The Balaban J connectivity index is 1.90. The van der Waals surface area contributed by atoms with E-state index in [0.717, 1.165) is 24.5 Å². The van der Waals surface area contributed by atoms with E-state index in [9.17, 15) is 19.7 Å². The summed E-state index contributed by atoms with van der Waals surface area (Å²) in [5.74, 6) is -0.619. The summed E-state index contributed by atoms with van der Waals surface area (Å²) in [6.07, 6.45) is 1.79. The summed E-state index contributed by atoms with van der Waals surface area (Å²) in [5, 5.41) is 11.3. The monoisotopic (exact) mass is 396 g/mol. The highest BCUT2D eigenvalue weighted by Gasteiger charge is 2.34. The third kappa shape index (κ3) is 4.80. The fourth-order valence-electron chi connectivity index (χ4n) is 3.20. The number of hydrogen-bond donors (Lipinski definition) is 0. The van der Waals surface area contributed by atoms with Gasteiger partial charge in [-0.1, -0.05) is 38.1 Å². The van der Waals surface area contributed by atoms with E-state index in [1.54, 1.807) is 4.90 Å². The van der Waals surface area contributed by atoms with Crippen LogP contribution in [0, 0.1) is 10.1 Å². The number of carbonyl (C=O) groups excluding carboxylic acids is 2. The Kier molecular flexibility index (Phi) is 5.96. The second kappa shape index (κ2) is 8.43. The number of rotatable bonds is 7. The summed E-state index contributed by atoms with van der Waals surface area (Å²) in [6.45, 7) is 4.66. The van der Waals surface area contributed by atoms with Gasteiger partial charge in [0.05, 0.1) is 17.6 Å². The smallest absolute Gasteiger partial charge is 0.338 e. The Morgan fingerprint density at radius 1 is 1.14 bits per heavy atom. The molecule has 1 aliphatic carbocycles. The van der Waals surface area contributed by atoms with Crippen LogP contribution in [0.15, 0.2) is 42.5 Å². The van der Waals surface area contributed by atoms with Crippen LogP contribution in [0.2, 0.25) is 0 Å². The third-order valence-corrected chi connectivity index (χ3v) is 5.04. The molecule has 2 aromatic rings. The molecular weight excluding hydrogens is 372 g/mol. The average molecular weight is 396 g/mol. The van der Waals surface area contributed by atoms with Crippen LogP contribution in [0.5, 0.6) is 0 Å². The van der Waals surface area contributed by atoms with Crippen molar-refractivity contribution in [2.24, 2.45) is 0 Å². The van der Waals surface area contributed by atoms with Crippen molar-refractivity contribution in [1.29, 1.82) is 0 Å². The molecular formula is C22H24N2O5. The first-order valence-electron chi connectivity index (χ1n) is 9.57. The molecule has 0 N–H and O–H groups in total. The number of nitro benzene ring substituents is 1. The van der Waals surface area contributed by atoms with Gasteiger partial charge in [-0.05, 0) is 36.0 Å². The van der Waals surface area contributed by atoms with Gasteiger partial charge in [0.25, 0.3) is 11.6 Å². The van der Waals surface area contributed by atoms with Gasteiger partial charge in [0.15, 0.2) is 0 Å². The van der Waals surface area contributed by atoms with Crippen LogP contribution in [0.25, 0.3) is 0 Å². The number of carbonyl (C=O) groups is 2. The first-order chi connectivity index (χ1) is 13.8. The van der Waals surface area contributed by atoms with Crippen molar-refractivity contribution < 1.29 is 19.2 Å². The van der Waals surface area contributed by atoms with Gasteiger partial charge in [-0.3, -0.25) is 14.9 Å². The SMILES string of the molecule is COC(=O)c1cc(C(=O)N(Cc2ccc(C(C)C)cc2)C2CC2)cc([N+](=O)[O-])c1. The van der Waals surface area contributed by atoms with Crippen molar-refractivity contribution in [2.45, 2.75) is 45.2 Å². The molecule has 0 radical (unpaired) electrons. The van der Waals surface area contributed by atoms with Crippen molar-refractivity contribution >= 4 is 17.6 Å². The minimum absolute atomic E-state index is 0.0120. The summed E-state index contributed by atoms with van der Waals surface area (Å²) < 4.78 is 4.67. The molecule has 0 atom stereocenters. The molecule has 0 unspecified atom stereocenters. The Hall–Kier alpha value is -3.22. The summed E-state index contributed by atoms with van der Waals surface area (Å²) >= 11 is 0. The zero-order valence-corrected chi connectivity index (χ0v) is 16.8. The number of ether oxygens (including phenoxy) is 1. The molecule has 1 saturated carbocycles. The highest BCUT2D eigenvalue weighted by Crippen LogP contribution is 2.31. The zero-order chi connectivity index (χ0) is 21.1. The number of methoxy groups -OCH3 is 1. The molecule has 0 aliphatic heterocycles. The van der Waals surface area contributed by atoms with Crippen molar-refractivity contribution in [3.8, 4) is 0 Å². The number of amides is 1. The van der Waals surface area contributed by atoms with Gasteiger partial charge in [-0.25, -0.2) is 4.79 Å². The van der Waals surface area contributed by atoms with Gasteiger partial charge in [0.2, 0.25) is 0 Å². The molecule has 152 valence electrons.